The Morgan fingerprint density at radius 2 is 1.92 bits per heavy atom. The van der Waals surface area contributed by atoms with Crippen LogP contribution < -0.4 is 10.6 Å². The molecule has 0 spiro atoms. The number of hydrogen-bond acceptors (Lipinski definition) is 7. The minimum absolute atomic E-state index is 0.129. The van der Waals surface area contributed by atoms with Crippen LogP contribution in [0.5, 0.6) is 0 Å². The number of thioether (sulfide) groups is 1. The lowest BCUT2D eigenvalue weighted by Gasteiger charge is -2.12. The van der Waals surface area contributed by atoms with E-state index in [2.05, 4.69) is 44.0 Å². The minimum atomic E-state index is 0.129. The molecule has 26 heavy (non-hydrogen) atoms. The monoisotopic (exact) mass is 367 g/mol. The van der Waals surface area contributed by atoms with Crippen LogP contribution in [0.25, 0.3) is 11.3 Å². The molecule has 7 heteroatoms. The highest BCUT2D eigenvalue weighted by molar-refractivity contribution is 7.98. The predicted octanol–water partition coefficient (Wildman–Crippen LogP) is 3.80. The Bertz CT molecular complexity index is 844. The molecule has 0 bridgehead atoms. The first kappa shape index (κ1) is 18.2. The summed E-state index contributed by atoms with van der Waals surface area (Å²) in [4.78, 5) is 14.4. The van der Waals surface area contributed by atoms with Gasteiger partial charge in [0, 0.05) is 47.8 Å². The third-order valence-corrected chi connectivity index (χ3v) is 4.39. The molecule has 0 atom stereocenters. The average molecular weight is 367 g/mol. The summed E-state index contributed by atoms with van der Waals surface area (Å²) in [5, 5.41) is 15.5. The number of aliphatic hydroxyl groups excluding tert-OH is 1. The van der Waals surface area contributed by atoms with Crippen molar-refractivity contribution in [1.82, 2.24) is 15.0 Å². The largest absolute Gasteiger partial charge is 0.396 e. The van der Waals surface area contributed by atoms with Crippen molar-refractivity contribution in [3.63, 3.8) is 0 Å². The number of nitrogens with one attached hydrogen (secondary N) is 2. The highest BCUT2D eigenvalue weighted by atomic mass is 32.2. The van der Waals surface area contributed by atoms with E-state index in [1.807, 2.05) is 30.3 Å². The molecule has 0 aliphatic carbocycles. The Hall–Kier alpha value is -2.64. The Kier molecular flexibility index (Phi) is 6.40. The molecule has 0 saturated carbocycles. The van der Waals surface area contributed by atoms with E-state index >= 15 is 0 Å². The van der Waals surface area contributed by atoms with E-state index in [0.717, 1.165) is 16.9 Å². The first-order chi connectivity index (χ1) is 12.8. The first-order valence-electron chi connectivity index (χ1n) is 8.34. The molecule has 0 amide bonds. The van der Waals surface area contributed by atoms with Gasteiger partial charge in [-0.25, -0.2) is 4.98 Å². The summed E-state index contributed by atoms with van der Waals surface area (Å²) < 4.78 is 0. The summed E-state index contributed by atoms with van der Waals surface area (Å²) in [6.45, 7) is 0.737. The number of benzene rings is 1. The Labute approximate surface area is 157 Å². The maximum atomic E-state index is 8.97. The second-order valence-corrected chi connectivity index (χ2v) is 6.44. The molecule has 3 rings (SSSR count). The number of pyridine rings is 1. The Balaban J connectivity index is 1.90. The third-order valence-electron chi connectivity index (χ3n) is 3.66. The molecule has 2 heterocycles. The quantitative estimate of drug-likeness (QED) is 0.412. The second kappa shape index (κ2) is 9.17. The van der Waals surface area contributed by atoms with Gasteiger partial charge in [-0.2, -0.15) is 4.98 Å². The fourth-order valence-electron chi connectivity index (χ4n) is 2.39. The van der Waals surface area contributed by atoms with E-state index in [1.54, 1.807) is 24.2 Å². The van der Waals surface area contributed by atoms with E-state index in [1.165, 1.54) is 4.90 Å². The van der Waals surface area contributed by atoms with Gasteiger partial charge in [-0.15, -0.1) is 11.8 Å². The fourth-order valence-corrected chi connectivity index (χ4v) is 2.85. The van der Waals surface area contributed by atoms with Crippen LogP contribution in [-0.4, -0.2) is 39.5 Å². The molecule has 0 aliphatic rings. The summed E-state index contributed by atoms with van der Waals surface area (Å²) >= 11 is 1.69. The van der Waals surface area contributed by atoms with Crippen LogP contribution >= 0.6 is 11.8 Å². The van der Waals surface area contributed by atoms with Crippen molar-refractivity contribution in [2.45, 2.75) is 11.3 Å². The van der Waals surface area contributed by atoms with Crippen LogP contribution in [0.3, 0.4) is 0 Å². The zero-order valence-corrected chi connectivity index (χ0v) is 15.3. The van der Waals surface area contributed by atoms with E-state index in [4.69, 9.17) is 5.11 Å². The molecule has 3 aromatic rings. The maximum absolute atomic E-state index is 8.97. The number of anilines is 3. The summed E-state index contributed by atoms with van der Waals surface area (Å²) in [5.74, 6) is 1.23. The molecular weight excluding hydrogens is 346 g/mol. The second-order valence-electron chi connectivity index (χ2n) is 5.56. The van der Waals surface area contributed by atoms with Crippen molar-refractivity contribution in [3.8, 4) is 11.3 Å². The molecule has 1 aromatic carbocycles. The van der Waals surface area contributed by atoms with E-state index in [9.17, 15) is 0 Å². The molecule has 0 fully saturated rings. The number of hydrogen-bond donors (Lipinski definition) is 3. The smallest absolute Gasteiger partial charge is 0.225 e. The lowest BCUT2D eigenvalue weighted by atomic mass is 10.2. The molecule has 0 radical (unpaired) electrons. The molecule has 0 unspecified atom stereocenters. The molecule has 3 N–H and O–H groups in total. The summed E-state index contributed by atoms with van der Waals surface area (Å²) in [6, 6.07) is 13.9. The minimum Gasteiger partial charge on any atom is -0.396 e. The lowest BCUT2D eigenvalue weighted by molar-refractivity contribution is 0.292. The number of aliphatic hydroxyl groups is 1. The standard InChI is InChI=1S/C19H21N5OS/c1-26-16-5-2-4-15(12-16)22-18-13-17(14-6-9-20-10-7-14)23-19(24-18)21-8-3-11-25/h2,4-7,9-10,12-13,25H,3,8,11H2,1H3,(H2,21,22,23,24). The van der Waals surface area contributed by atoms with Crippen LogP contribution in [0.15, 0.2) is 59.8 Å². The molecule has 0 saturated heterocycles. The van der Waals surface area contributed by atoms with Gasteiger partial charge in [0.05, 0.1) is 5.69 Å². The van der Waals surface area contributed by atoms with Gasteiger partial charge in [-0.3, -0.25) is 4.98 Å². The van der Waals surface area contributed by atoms with Crippen LogP contribution in [0, 0.1) is 0 Å². The molecular formula is C19H21N5OS. The van der Waals surface area contributed by atoms with E-state index < -0.39 is 0 Å². The summed E-state index contributed by atoms with van der Waals surface area (Å²) in [6.07, 6.45) is 6.17. The van der Waals surface area contributed by atoms with Gasteiger partial charge in [-0.05, 0) is 43.0 Å². The average Bonchev–Trinajstić information content (AvgIpc) is 2.69. The lowest BCUT2D eigenvalue weighted by Crippen LogP contribution is -2.08. The number of nitrogens with zero attached hydrogens (tertiary/aromatic N) is 3. The maximum Gasteiger partial charge on any atom is 0.225 e. The van der Waals surface area contributed by atoms with Crippen LogP contribution in [-0.2, 0) is 0 Å². The number of rotatable bonds is 8. The predicted molar refractivity (Wildman–Crippen MR) is 107 cm³/mol. The van der Waals surface area contributed by atoms with Gasteiger partial charge in [0.25, 0.3) is 0 Å². The van der Waals surface area contributed by atoms with Gasteiger partial charge in [0.1, 0.15) is 5.82 Å². The van der Waals surface area contributed by atoms with Crippen LogP contribution in [0.1, 0.15) is 6.42 Å². The summed E-state index contributed by atoms with van der Waals surface area (Å²) in [7, 11) is 0. The van der Waals surface area contributed by atoms with E-state index in [0.29, 0.717) is 24.7 Å². The fraction of sp³-hybridized carbons (Fsp3) is 0.211. The topological polar surface area (TPSA) is 83.0 Å². The van der Waals surface area contributed by atoms with Crippen molar-refractivity contribution in [1.29, 1.82) is 0 Å². The van der Waals surface area contributed by atoms with Gasteiger partial charge in [0.15, 0.2) is 0 Å². The molecule has 134 valence electrons. The third kappa shape index (κ3) is 4.93. The highest BCUT2D eigenvalue weighted by Crippen LogP contribution is 2.25. The zero-order valence-electron chi connectivity index (χ0n) is 14.5. The SMILES string of the molecule is CSc1cccc(Nc2cc(-c3ccncc3)nc(NCCCO)n2)c1. The van der Waals surface area contributed by atoms with Crippen molar-refractivity contribution >= 4 is 29.2 Å². The van der Waals surface area contributed by atoms with Gasteiger partial charge < -0.3 is 15.7 Å². The molecule has 2 aromatic heterocycles. The summed E-state index contributed by atoms with van der Waals surface area (Å²) in [5.41, 5.74) is 2.74. The normalized spacial score (nSPS) is 10.5. The zero-order chi connectivity index (χ0) is 18.2. The molecule has 6 nitrogen and oxygen atoms in total. The van der Waals surface area contributed by atoms with E-state index in [-0.39, 0.29) is 6.61 Å². The van der Waals surface area contributed by atoms with Crippen molar-refractivity contribution in [3.05, 3.63) is 54.9 Å². The van der Waals surface area contributed by atoms with Crippen molar-refractivity contribution in [2.24, 2.45) is 0 Å². The van der Waals surface area contributed by atoms with Crippen LogP contribution in [0.4, 0.5) is 17.5 Å². The van der Waals surface area contributed by atoms with Crippen molar-refractivity contribution < 1.29 is 5.11 Å². The first-order valence-corrected chi connectivity index (χ1v) is 9.56. The van der Waals surface area contributed by atoms with Gasteiger partial charge >= 0.3 is 0 Å². The van der Waals surface area contributed by atoms with Crippen molar-refractivity contribution in [2.75, 3.05) is 30.0 Å². The highest BCUT2D eigenvalue weighted by Gasteiger charge is 2.07. The Morgan fingerprint density at radius 3 is 2.69 bits per heavy atom. The number of aromatic nitrogens is 3. The van der Waals surface area contributed by atoms with Crippen LogP contribution in [0.2, 0.25) is 0 Å². The van der Waals surface area contributed by atoms with Gasteiger partial charge in [0.2, 0.25) is 5.95 Å². The molecule has 0 aliphatic heterocycles. The van der Waals surface area contributed by atoms with Gasteiger partial charge in [-0.1, -0.05) is 6.07 Å². The Morgan fingerprint density at radius 1 is 1.08 bits per heavy atom.